The summed E-state index contributed by atoms with van der Waals surface area (Å²) in [6, 6.07) is 9.80. The van der Waals surface area contributed by atoms with E-state index in [1.54, 1.807) is 4.68 Å². The summed E-state index contributed by atoms with van der Waals surface area (Å²) in [4.78, 5) is 10.9. The van der Waals surface area contributed by atoms with Crippen molar-refractivity contribution in [2.45, 2.75) is 20.4 Å². The maximum absolute atomic E-state index is 10.9. The third-order valence-electron chi connectivity index (χ3n) is 2.79. The van der Waals surface area contributed by atoms with E-state index in [1.807, 2.05) is 44.2 Å². The SMILES string of the molecule is Cc1nn(CC#Cc2ccccc2)c(C)c1C=O. The second-order valence-corrected chi connectivity index (χ2v) is 4.03. The summed E-state index contributed by atoms with van der Waals surface area (Å²) in [7, 11) is 0. The number of rotatable bonds is 2. The highest BCUT2D eigenvalue weighted by molar-refractivity contribution is 5.78. The standard InChI is InChI=1S/C15H14N2O/c1-12-15(11-18)13(2)17(16-12)10-6-9-14-7-4-3-5-8-14/h3-5,7-8,11H,10H2,1-2H3. The van der Waals surface area contributed by atoms with Crippen LogP contribution in [0, 0.1) is 25.7 Å². The zero-order valence-electron chi connectivity index (χ0n) is 10.5. The van der Waals surface area contributed by atoms with E-state index in [0.717, 1.165) is 23.2 Å². The van der Waals surface area contributed by atoms with Crippen molar-refractivity contribution in [1.29, 1.82) is 0 Å². The van der Waals surface area contributed by atoms with E-state index in [2.05, 4.69) is 16.9 Å². The summed E-state index contributed by atoms with van der Waals surface area (Å²) in [5.41, 5.74) is 3.26. The van der Waals surface area contributed by atoms with Crippen molar-refractivity contribution < 1.29 is 4.79 Å². The Morgan fingerprint density at radius 2 is 2.00 bits per heavy atom. The first-order valence-corrected chi connectivity index (χ1v) is 5.75. The number of nitrogens with zero attached hydrogens (tertiary/aromatic N) is 2. The van der Waals surface area contributed by atoms with E-state index in [4.69, 9.17) is 0 Å². The maximum atomic E-state index is 10.9. The summed E-state index contributed by atoms with van der Waals surface area (Å²) >= 11 is 0. The lowest BCUT2D eigenvalue weighted by Gasteiger charge is -1.97. The summed E-state index contributed by atoms with van der Waals surface area (Å²) in [6.45, 7) is 4.21. The van der Waals surface area contributed by atoms with Crippen LogP contribution < -0.4 is 0 Å². The molecule has 1 aromatic carbocycles. The van der Waals surface area contributed by atoms with Crippen LogP contribution in [0.5, 0.6) is 0 Å². The predicted molar refractivity (Wildman–Crippen MR) is 70.4 cm³/mol. The lowest BCUT2D eigenvalue weighted by molar-refractivity contribution is 0.112. The molecule has 0 N–H and O–H groups in total. The molecule has 0 aliphatic heterocycles. The highest BCUT2D eigenvalue weighted by Gasteiger charge is 2.08. The van der Waals surface area contributed by atoms with Gasteiger partial charge in [-0.15, -0.1) is 0 Å². The summed E-state index contributed by atoms with van der Waals surface area (Å²) in [6.07, 6.45) is 0.846. The molecule has 0 aliphatic rings. The van der Waals surface area contributed by atoms with Crippen molar-refractivity contribution in [3.05, 3.63) is 52.8 Å². The molecule has 0 unspecified atom stereocenters. The molecule has 0 bridgehead atoms. The lowest BCUT2D eigenvalue weighted by atomic mass is 10.2. The van der Waals surface area contributed by atoms with Crippen molar-refractivity contribution in [2.24, 2.45) is 0 Å². The minimum Gasteiger partial charge on any atom is -0.298 e. The molecule has 3 nitrogen and oxygen atoms in total. The predicted octanol–water partition coefficient (Wildman–Crippen LogP) is 2.36. The quantitative estimate of drug-likeness (QED) is 0.594. The first kappa shape index (κ1) is 12.1. The third-order valence-corrected chi connectivity index (χ3v) is 2.79. The van der Waals surface area contributed by atoms with Crippen molar-refractivity contribution in [3.63, 3.8) is 0 Å². The Morgan fingerprint density at radius 1 is 1.28 bits per heavy atom. The minimum absolute atomic E-state index is 0.495. The minimum atomic E-state index is 0.495. The number of carbonyl (C=O) groups is 1. The van der Waals surface area contributed by atoms with Gasteiger partial charge in [-0.05, 0) is 26.0 Å². The Hall–Kier alpha value is -2.34. The van der Waals surface area contributed by atoms with Crippen LogP contribution in [0.2, 0.25) is 0 Å². The van der Waals surface area contributed by atoms with Gasteiger partial charge in [0.25, 0.3) is 0 Å². The van der Waals surface area contributed by atoms with Crippen LogP contribution in [0.4, 0.5) is 0 Å². The van der Waals surface area contributed by atoms with Gasteiger partial charge in [-0.3, -0.25) is 9.48 Å². The van der Waals surface area contributed by atoms with Gasteiger partial charge >= 0.3 is 0 Å². The van der Waals surface area contributed by atoms with Crippen LogP contribution in [-0.2, 0) is 6.54 Å². The Morgan fingerprint density at radius 3 is 2.61 bits per heavy atom. The van der Waals surface area contributed by atoms with Crippen molar-refractivity contribution in [3.8, 4) is 11.8 Å². The van der Waals surface area contributed by atoms with Crippen LogP contribution in [0.1, 0.15) is 27.3 Å². The molecule has 18 heavy (non-hydrogen) atoms. The van der Waals surface area contributed by atoms with E-state index in [0.29, 0.717) is 12.1 Å². The van der Waals surface area contributed by atoms with Gasteiger partial charge in [0.1, 0.15) is 6.54 Å². The molecule has 90 valence electrons. The molecule has 1 heterocycles. The van der Waals surface area contributed by atoms with Gasteiger partial charge < -0.3 is 0 Å². The number of carbonyl (C=O) groups excluding carboxylic acids is 1. The monoisotopic (exact) mass is 238 g/mol. The molecule has 2 rings (SSSR count). The normalized spacial score (nSPS) is 9.67. The van der Waals surface area contributed by atoms with Gasteiger partial charge in [0.05, 0.1) is 11.3 Å². The summed E-state index contributed by atoms with van der Waals surface area (Å²) in [5, 5.41) is 4.30. The largest absolute Gasteiger partial charge is 0.298 e. The van der Waals surface area contributed by atoms with Gasteiger partial charge in [0, 0.05) is 11.3 Å². The number of aromatic nitrogens is 2. The molecule has 3 heteroatoms. The van der Waals surface area contributed by atoms with Crippen LogP contribution in [0.25, 0.3) is 0 Å². The lowest BCUT2D eigenvalue weighted by Crippen LogP contribution is -2.01. The first-order chi connectivity index (χ1) is 8.72. The topological polar surface area (TPSA) is 34.9 Å². The number of aldehydes is 1. The van der Waals surface area contributed by atoms with Gasteiger partial charge in [-0.1, -0.05) is 30.0 Å². The Kier molecular flexibility index (Phi) is 3.59. The average Bonchev–Trinajstić information content (AvgIpc) is 2.65. The maximum Gasteiger partial charge on any atom is 0.153 e. The van der Waals surface area contributed by atoms with Crippen molar-refractivity contribution in [1.82, 2.24) is 9.78 Å². The molecule has 0 aliphatic carbocycles. The first-order valence-electron chi connectivity index (χ1n) is 5.75. The fraction of sp³-hybridized carbons (Fsp3) is 0.200. The third kappa shape index (κ3) is 2.49. The van der Waals surface area contributed by atoms with Gasteiger partial charge in [-0.2, -0.15) is 5.10 Å². The van der Waals surface area contributed by atoms with Gasteiger partial charge in [0.15, 0.2) is 6.29 Å². The molecule has 0 saturated carbocycles. The highest BCUT2D eigenvalue weighted by Crippen LogP contribution is 2.09. The molecular formula is C15H14N2O. The number of hydrogen-bond donors (Lipinski definition) is 0. The fourth-order valence-corrected chi connectivity index (χ4v) is 1.77. The van der Waals surface area contributed by atoms with E-state index in [9.17, 15) is 4.79 Å². The Labute approximate surface area is 106 Å². The molecule has 0 saturated heterocycles. The second-order valence-electron chi connectivity index (χ2n) is 4.03. The van der Waals surface area contributed by atoms with Crippen molar-refractivity contribution >= 4 is 6.29 Å². The van der Waals surface area contributed by atoms with E-state index in [1.165, 1.54) is 0 Å². The van der Waals surface area contributed by atoms with Crippen LogP contribution in [0.3, 0.4) is 0 Å². The molecule has 0 fully saturated rings. The molecule has 0 radical (unpaired) electrons. The zero-order chi connectivity index (χ0) is 13.0. The van der Waals surface area contributed by atoms with E-state index in [-0.39, 0.29) is 0 Å². The molecule has 0 atom stereocenters. The molecular weight excluding hydrogens is 224 g/mol. The van der Waals surface area contributed by atoms with Crippen molar-refractivity contribution in [2.75, 3.05) is 0 Å². The van der Waals surface area contributed by atoms with Crippen LogP contribution in [0.15, 0.2) is 30.3 Å². The second kappa shape index (κ2) is 5.33. The number of benzene rings is 1. The molecule has 0 amide bonds. The van der Waals surface area contributed by atoms with E-state index >= 15 is 0 Å². The van der Waals surface area contributed by atoms with Gasteiger partial charge in [0.2, 0.25) is 0 Å². The van der Waals surface area contributed by atoms with Crippen LogP contribution >= 0.6 is 0 Å². The zero-order valence-corrected chi connectivity index (χ0v) is 10.5. The van der Waals surface area contributed by atoms with E-state index < -0.39 is 0 Å². The Balaban J connectivity index is 2.17. The molecule has 1 aromatic heterocycles. The average molecular weight is 238 g/mol. The summed E-state index contributed by atoms with van der Waals surface area (Å²) < 4.78 is 1.76. The molecule has 0 spiro atoms. The highest BCUT2D eigenvalue weighted by atomic mass is 16.1. The smallest absolute Gasteiger partial charge is 0.153 e. The van der Waals surface area contributed by atoms with Crippen LogP contribution in [-0.4, -0.2) is 16.1 Å². The number of aryl methyl sites for hydroxylation is 1. The Bertz CT molecular complexity index is 615. The molecule has 2 aromatic rings. The van der Waals surface area contributed by atoms with Gasteiger partial charge in [-0.25, -0.2) is 0 Å². The number of hydrogen-bond acceptors (Lipinski definition) is 2. The fourth-order valence-electron chi connectivity index (χ4n) is 1.77. The summed E-state index contributed by atoms with van der Waals surface area (Å²) in [5.74, 6) is 6.13.